The lowest BCUT2D eigenvalue weighted by molar-refractivity contribution is -0.123. The van der Waals surface area contributed by atoms with Gasteiger partial charge in [0.2, 0.25) is 15.9 Å². The van der Waals surface area contributed by atoms with E-state index in [1.54, 1.807) is 47.2 Å². The molecule has 9 nitrogen and oxygen atoms in total. The number of fused-ring (bicyclic) bond motifs is 1. The van der Waals surface area contributed by atoms with Crippen LogP contribution in [0.15, 0.2) is 65.8 Å². The second-order valence-electron chi connectivity index (χ2n) is 9.08. The standard InChI is InChI=1S/C26H29N5O4S2/c1-19-4-7-22(8-5-19)37(33,34)30-14-10-20(11-15-30)25(32)31(17-16-29-13-3-12-27-29)26-28-23-9-6-21(35-2)18-24(23)36-26/h3-9,12-13,18,20H,10-11,14-17H2,1-2H3. The number of hydrogen-bond acceptors (Lipinski definition) is 7. The lowest BCUT2D eigenvalue weighted by Crippen LogP contribution is -2.45. The molecule has 37 heavy (non-hydrogen) atoms. The molecule has 0 bridgehead atoms. The summed E-state index contributed by atoms with van der Waals surface area (Å²) in [7, 11) is -1.97. The first-order valence-corrected chi connectivity index (χ1v) is 14.4. The van der Waals surface area contributed by atoms with Gasteiger partial charge in [-0.3, -0.25) is 14.4 Å². The fraction of sp³-hybridized carbons (Fsp3) is 0.346. The molecule has 1 aliphatic heterocycles. The highest BCUT2D eigenvalue weighted by atomic mass is 32.2. The second-order valence-corrected chi connectivity index (χ2v) is 12.0. The molecule has 5 rings (SSSR count). The van der Waals surface area contributed by atoms with E-state index in [1.165, 1.54) is 15.6 Å². The third kappa shape index (κ3) is 5.39. The maximum Gasteiger partial charge on any atom is 0.243 e. The Morgan fingerprint density at radius 3 is 2.59 bits per heavy atom. The molecule has 1 fully saturated rings. The van der Waals surface area contributed by atoms with Gasteiger partial charge in [-0.25, -0.2) is 13.4 Å². The van der Waals surface area contributed by atoms with Crippen LogP contribution in [0.5, 0.6) is 5.75 Å². The molecule has 1 saturated heterocycles. The smallest absolute Gasteiger partial charge is 0.243 e. The number of carbonyl (C=O) groups is 1. The van der Waals surface area contributed by atoms with Crippen molar-refractivity contribution < 1.29 is 17.9 Å². The number of nitrogens with zero attached hydrogens (tertiary/aromatic N) is 5. The molecule has 0 saturated carbocycles. The Kier molecular flexibility index (Phi) is 7.27. The Bertz CT molecular complexity index is 1480. The number of amides is 1. The van der Waals surface area contributed by atoms with E-state index in [0.717, 1.165) is 21.5 Å². The van der Waals surface area contributed by atoms with Crippen LogP contribution in [0.4, 0.5) is 5.13 Å². The van der Waals surface area contributed by atoms with Gasteiger partial charge < -0.3 is 4.74 Å². The maximum absolute atomic E-state index is 13.8. The molecule has 1 amide bonds. The molecule has 2 aromatic heterocycles. The molecule has 4 aromatic rings. The van der Waals surface area contributed by atoms with Crippen LogP contribution in [0.2, 0.25) is 0 Å². The van der Waals surface area contributed by atoms with E-state index < -0.39 is 10.0 Å². The molecule has 3 heterocycles. The first-order chi connectivity index (χ1) is 17.8. The van der Waals surface area contributed by atoms with E-state index in [2.05, 4.69) is 5.10 Å². The number of hydrogen-bond donors (Lipinski definition) is 0. The van der Waals surface area contributed by atoms with Crippen molar-refractivity contribution in [2.24, 2.45) is 5.92 Å². The van der Waals surface area contributed by atoms with Gasteiger partial charge in [0.15, 0.2) is 5.13 Å². The summed E-state index contributed by atoms with van der Waals surface area (Å²) in [6, 6.07) is 14.4. The number of benzene rings is 2. The van der Waals surface area contributed by atoms with Crippen LogP contribution >= 0.6 is 11.3 Å². The number of sulfonamides is 1. The first-order valence-electron chi connectivity index (χ1n) is 12.2. The van der Waals surface area contributed by atoms with Crippen molar-refractivity contribution >= 4 is 42.6 Å². The number of piperidine rings is 1. The van der Waals surface area contributed by atoms with Gasteiger partial charge in [-0.05, 0) is 56.2 Å². The average Bonchev–Trinajstić information content (AvgIpc) is 3.58. The highest BCUT2D eigenvalue weighted by Crippen LogP contribution is 2.33. The molecule has 2 aromatic carbocycles. The molecule has 0 atom stereocenters. The predicted molar refractivity (Wildman–Crippen MR) is 143 cm³/mol. The van der Waals surface area contributed by atoms with Gasteiger partial charge in [0.05, 0.1) is 28.8 Å². The molecule has 0 unspecified atom stereocenters. The van der Waals surface area contributed by atoms with Crippen LogP contribution in [-0.4, -0.2) is 60.1 Å². The molecule has 0 N–H and O–H groups in total. The van der Waals surface area contributed by atoms with Crippen LogP contribution in [-0.2, 0) is 21.4 Å². The van der Waals surface area contributed by atoms with Gasteiger partial charge in [-0.2, -0.15) is 9.40 Å². The fourth-order valence-electron chi connectivity index (χ4n) is 4.49. The Morgan fingerprint density at radius 1 is 1.16 bits per heavy atom. The normalized spacial score (nSPS) is 15.2. The SMILES string of the molecule is COc1ccc2nc(N(CCn3cccn3)C(=O)C3CCN(S(=O)(=O)c4ccc(C)cc4)CC3)sc2c1. The van der Waals surface area contributed by atoms with Crippen LogP contribution < -0.4 is 9.64 Å². The average molecular weight is 540 g/mol. The third-order valence-electron chi connectivity index (χ3n) is 6.66. The number of aromatic nitrogens is 3. The van der Waals surface area contributed by atoms with E-state index in [0.29, 0.717) is 44.2 Å². The zero-order valence-electron chi connectivity index (χ0n) is 20.8. The van der Waals surface area contributed by atoms with E-state index in [9.17, 15) is 13.2 Å². The van der Waals surface area contributed by atoms with E-state index in [4.69, 9.17) is 9.72 Å². The van der Waals surface area contributed by atoms with Gasteiger partial charge >= 0.3 is 0 Å². The van der Waals surface area contributed by atoms with Crippen molar-refractivity contribution in [3.8, 4) is 5.75 Å². The monoisotopic (exact) mass is 539 g/mol. The molecular weight excluding hydrogens is 510 g/mol. The minimum Gasteiger partial charge on any atom is -0.497 e. The Labute approximate surface area is 220 Å². The summed E-state index contributed by atoms with van der Waals surface area (Å²) in [6.07, 6.45) is 4.49. The van der Waals surface area contributed by atoms with Crippen molar-refractivity contribution in [2.45, 2.75) is 31.2 Å². The summed E-state index contributed by atoms with van der Waals surface area (Å²) >= 11 is 1.45. The summed E-state index contributed by atoms with van der Waals surface area (Å²) in [5.74, 6) is 0.411. The quantitative estimate of drug-likeness (QED) is 0.336. The molecule has 11 heteroatoms. The predicted octanol–water partition coefficient (Wildman–Crippen LogP) is 3.94. The zero-order chi connectivity index (χ0) is 26.0. The molecule has 1 aliphatic rings. The van der Waals surface area contributed by atoms with Gasteiger partial charge in [-0.15, -0.1) is 0 Å². The highest BCUT2D eigenvalue weighted by Gasteiger charge is 2.35. The van der Waals surface area contributed by atoms with Crippen LogP contribution in [0.1, 0.15) is 18.4 Å². The van der Waals surface area contributed by atoms with Crippen molar-refractivity contribution in [3.63, 3.8) is 0 Å². The molecule has 194 valence electrons. The molecular formula is C26H29N5O4S2. The Balaban J connectivity index is 1.34. The summed E-state index contributed by atoms with van der Waals surface area (Å²) in [5, 5.41) is 4.88. The van der Waals surface area contributed by atoms with Crippen molar-refractivity contribution in [1.82, 2.24) is 19.1 Å². The van der Waals surface area contributed by atoms with Crippen molar-refractivity contribution in [1.29, 1.82) is 0 Å². The number of methoxy groups -OCH3 is 1. The van der Waals surface area contributed by atoms with E-state index in [1.807, 2.05) is 37.4 Å². The fourth-order valence-corrected chi connectivity index (χ4v) is 6.99. The Hall–Kier alpha value is -3.28. The molecule has 0 spiro atoms. The summed E-state index contributed by atoms with van der Waals surface area (Å²) in [6.45, 7) is 3.47. The van der Waals surface area contributed by atoms with Crippen LogP contribution in [0, 0.1) is 12.8 Å². The second kappa shape index (κ2) is 10.6. The number of anilines is 1. The van der Waals surface area contributed by atoms with Crippen molar-refractivity contribution in [3.05, 3.63) is 66.5 Å². The van der Waals surface area contributed by atoms with Crippen LogP contribution in [0.3, 0.4) is 0 Å². The van der Waals surface area contributed by atoms with Gasteiger partial charge in [0.1, 0.15) is 5.75 Å². The number of thiazole rings is 1. The number of aryl methyl sites for hydroxylation is 1. The van der Waals surface area contributed by atoms with Gasteiger partial charge in [-0.1, -0.05) is 29.0 Å². The van der Waals surface area contributed by atoms with Crippen LogP contribution in [0.25, 0.3) is 10.2 Å². The zero-order valence-corrected chi connectivity index (χ0v) is 22.4. The minimum atomic E-state index is -3.59. The highest BCUT2D eigenvalue weighted by molar-refractivity contribution is 7.89. The maximum atomic E-state index is 13.8. The topological polar surface area (TPSA) is 97.6 Å². The van der Waals surface area contributed by atoms with Gasteiger partial charge in [0.25, 0.3) is 0 Å². The lowest BCUT2D eigenvalue weighted by Gasteiger charge is -2.33. The Morgan fingerprint density at radius 2 is 1.92 bits per heavy atom. The summed E-state index contributed by atoms with van der Waals surface area (Å²) < 4.78 is 35.8. The number of rotatable bonds is 8. The summed E-state index contributed by atoms with van der Waals surface area (Å²) in [5.41, 5.74) is 1.81. The summed E-state index contributed by atoms with van der Waals surface area (Å²) in [4.78, 5) is 20.5. The number of ether oxygens (including phenoxy) is 1. The first kappa shape index (κ1) is 25.4. The molecule has 0 radical (unpaired) electrons. The largest absolute Gasteiger partial charge is 0.497 e. The minimum absolute atomic E-state index is 0.0365. The van der Waals surface area contributed by atoms with Gasteiger partial charge in [0, 0.05) is 37.9 Å². The van der Waals surface area contributed by atoms with E-state index in [-0.39, 0.29) is 16.7 Å². The number of carbonyl (C=O) groups excluding carboxylic acids is 1. The third-order valence-corrected chi connectivity index (χ3v) is 9.61. The molecule has 0 aliphatic carbocycles. The lowest BCUT2D eigenvalue weighted by atomic mass is 9.96. The van der Waals surface area contributed by atoms with Crippen molar-refractivity contribution in [2.75, 3.05) is 31.6 Å². The van der Waals surface area contributed by atoms with E-state index >= 15 is 0 Å².